The van der Waals surface area contributed by atoms with E-state index in [1.165, 1.54) is 13.3 Å². The third-order valence-corrected chi connectivity index (χ3v) is 4.40. The Morgan fingerprint density at radius 2 is 1.67 bits per heavy atom. The van der Waals surface area contributed by atoms with Crippen LogP contribution in [0.25, 0.3) is 0 Å². The standard InChI is InChI=1S/C22H27N3O5/c1-14(2)19(24-21(26)15-9-11-17(28-3)12-10-15)22(27)25-23-13-16-7-6-8-18(29-4)20(16)30-5/h6-14,19H,1-5H3,(H,24,26)(H,25,27). The second kappa shape index (κ2) is 10.8. The molecular formula is C22H27N3O5. The number of hydrogen-bond acceptors (Lipinski definition) is 6. The SMILES string of the molecule is COc1ccc(C(=O)NC(C(=O)NN=Cc2cccc(OC)c2OC)C(C)C)cc1. The highest BCUT2D eigenvalue weighted by atomic mass is 16.5. The minimum absolute atomic E-state index is 0.145. The fourth-order valence-corrected chi connectivity index (χ4v) is 2.75. The van der Waals surface area contributed by atoms with Crippen molar-refractivity contribution in [3.05, 3.63) is 53.6 Å². The summed E-state index contributed by atoms with van der Waals surface area (Å²) in [5.41, 5.74) is 3.54. The number of rotatable bonds is 9. The second-order valence-corrected chi connectivity index (χ2v) is 6.74. The number of amides is 2. The summed E-state index contributed by atoms with van der Waals surface area (Å²) in [6, 6.07) is 11.2. The van der Waals surface area contributed by atoms with Crippen LogP contribution in [0, 0.1) is 5.92 Å². The summed E-state index contributed by atoms with van der Waals surface area (Å²) in [5.74, 6) is 0.779. The molecule has 2 aromatic carbocycles. The van der Waals surface area contributed by atoms with E-state index in [0.29, 0.717) is 28.4 Å². The molecule has 0 aliphatic rings. The molecule has 1 unspecified atom stereocenters. The van der Waals surface area contributed by atoms with Gasteiger partial charge in [0.1, 0.15) is 11.8 Å². The molecule has 30 heavy (non-hydrogen) atoms. The Morgan fingerprint density at radius 1 is 0.967 bits per heavy atom. The Kier molecular flexibility index (Phi) is 8.22. The van der Waals surface area contributed by atoms with E-state index in [2.05, 4.69) is 15.8 Å². The summed E-state index contributed by atoms with van der Waals surface area (Å²) in [6.07, 6.45) is 1.46. The van der Waals surface area contributed by atoms with Gasteiger partial charge >= 0.3 is 0 Å². The van der Waals surface area contributed by atoms with Gasteiger partial charge in [0.05, 0.1) is 27.5 Å². The van der Waals surface area contributed by atoms with Gasteiger partial charge in [-0.1, -0.05) is 19.9 Å². The molecule has 0 saturated carbocycles. The summed E-state index contributed by atoms with van der Waals surface area (Å²) in [7, 11) is 4.62. The minimum Gasteiger partial charge on any atom is -0.497 e. The number of carbonyl (C=O) groups is 2. The first kappa shape index (κ1) is 22.7. The van der Waals surface area contributed by atoms with Crippen LogP contribution in [0.2, 0.25) is 0 Å². The molecule has 2 N–H and O–H groups in total. The lowest BCUT2D eigenvalue weighted by Crippen LogP contribution is -2.48. The highest BCUT2D eigenvalue weighted by Crippen LogP contribution is 2.29. The quantitative estimate of drug-likeness (QED) is 0.486. The molecule has 0 aliphatic carbocycles. The lowest BCUT2D eigenvalue weighted by Gasteiger charge is -2.20. The van der Waals surface area contributed by atoms with Crippen molar-refractivity contribution in [2.75, 3.05) is 21.3 Å². The summed E-state index contributed by atoms with van der Waals surface area (Å²) in [5, 5.41) is 6.75. The van der Waals surface area contributed by atoms with Crippen molar-refractivity contribution in [2.24, 2.45) is 11.0 Å². The van der Waals surface area contributed by atoms with Crippen molar-refractivity contribution >= 4 is 18.0 Å². The van der Waals surface area contributed by atoms with E-state index in [4.69, 9.17) is 14.2 Å². The minimum atomic E-state index is -0.760. The van der Waals surface area contributed by atoms with Crippen LogP contribution in [0.15, 0.2) is 47.6 Å². The highest BCUT2D eigenvalue weighted by molar-refractivity contribution is 5.98. The van der Waals surface area contributed by atoms with Crippen LogP contribution in [0.3, 0.4) is 0 Å². The van der Waals surface area contributed by atoms with Crippen LogP contribution >= 0.6 is 0 Å². The van der Waals surface area contributed by atoms with Gasteiger partial charge in [-0.3, -0.25) is 9.59 Å². The van der Waals surface area contributed by atoms with Crippen molar-refractivity contribution in [1.82, 2.24) is 10.7 Å². The second-order valence-electron chi connectivity index (χ2n) is 6.74. The molecule has 2 rings (SSSR count). The maximum atomic E-state index is 12.6. The van der Waals surface area contributed by atoms with Crippen LogP contribution in [-0.2, 0) is 4.79 Å². The molecule has 0 heterocycles. The predicted octanol–water partition coefficient (Wildman–Crippen LogP) is 2.62. The maximum Gasteiger partial charge on any atom is 0.262 e. The van der Waals surface area contributed by atoms with Gasteiger partial charge in [0.15, 0.2) is 11.5 Å². The molecule has 0 radical (unpaired) electrons. The van der Waals surface area contributed by atoms with Crippen LogP contribution in [-0.4, -0.2) is 45.4 Å². The number of hydrazone groups is 1. The number of hydrogen-bond donors (Lipinski definition) is 2. The molecule has 8 heteroatoms. The number of carbonyl (C=O) groups excluding carboxylic acids is 2. The Hall–Kier alpha value is -3.55. The zero-order chi connectivity index (χ0) is 22.1. The predicted molar refractivity (Wildman–Crippen MR) is 114 cm³/mol. The van der Waals surface area contributed by atoms with E-state index >= 15 is 0 Å². The molecule has 1 atom stereocenters. The van der Waals surface area contributed by atoms with Gasteiger partial charge in [-0.2, -0.15) is 5.10 Å². The first-order chi connectivity index (χ1) is 14.4. The van der Waals surface area contributed by atoms with Crippen molar-refractivity contribution in [3.8, 4) is 17.2 Å². The monoisotopic (exact) mass is 413 g/mol. The summed E-state index contributed by atoms with van der Waals surface area (Å²) < 4.78 is 15.7. The molecule has 0 aromatic heterocycles. The lowest BCUT2D eigenvalue weighted by molar-refractivity contribution is -0.123. The molecule has 0 fully saturated rings. The molecule has 160 valence electrons. The van der Waals surface area contributed by atoms with Gasteiger partial charge in [0.25, 0.3) is 11.8 Å². The van der Waals surface area contributed by atoms with Gasteiger partial charge in [-0.05, 0) is 42.3 Å². The first-order valence-corrected chi connectivity index (χ1v) is 9.40. The number of para-hydroxylation sites is 1. The normalized spacial score (nSPS) is 11.8. The summed E-state index contributed by atoms with van der Waals surface area (Å²) >= 11 is 0. The third-order valence-electron chi connectivity index (χ3n) is 4.40. The topological polar surface area (TPSA) is 98.2 Å². The average molecular weight is 413 g/mol. The Bertz CT molecular complexity index is 894. The van der Waals surface area contributed by atoms with Gasteiger partial charge in [-0.15, -0.1) is 0 Å². The smallest absolute Gasteiger partial charge is 0.262 e. The van der Waals surface area contributed by atoms with Gasteiger partial charge in [-0.25, -0.2) is 5.43 Å². The largest absolute Gasteiger partial charge is 0.497 e. The number of ether oxygens (including phenoxy) is 3. The zero-order valence-electron chi connectivity index (χ0n) is 17.8. The molecule has 0 spiro atoms. The number of benzene rings is 2. The molecular weight excluding hydrogens is 386 g/mol. The van der Waals surface area contributed by atoms with E-state index in [-0.39, 0.29) is 11.8 Å². The zero-order valence-corrected chi connectivity index (χ0v) is 17.8. The molecule has 0 saturated heterocycles. The lowest BCUT2D eigenvalue weighted by atomic mass is 10.0. The fraction of sp³-hybridized carbons (Fsp3) is 0.318. The molecule has 2 amide bonds. The average Bonchev–Trinajstić information content (AvgIpc) is 2.76. The van der Waals surface area contributed by atoms with Crippen LogP contribution < -0.4 is 25.0 Å². The van der Waals surface area contributed by atoms with E-state index in [1.807, 2.05) is 13.8 Å². The van der Waals surface area contributed by atoms with Crippen LogP contribution in [0.5, 0.6) is 17.2 Å². The van der Waals surface area contributed by atoms with E-state index in [1.54, 1.807) is 56.7 Å². The number of nitrogens with one attached hydrogen (secondary N) is 2. The Balaban J connectivity index is 2.07. The maximum absolute atomic E-state index is 12.6. The van der Waals surface area contributed by atoms with E-state index < -0.39 is 11.9 Å². The van der Waals surface area contributed by atoms with Crippen molar-refractivity contribution in [3.63, 3.8) is 0 Å². The van der Waals surface area contributed by atoms with E-state index in [0.717, 1.165) is 0 Å². The number of nitrogens with zero attached hydrogens (tertiary/aromatic N) is 1. The Morgan fingerprint density at radius 3 is 2.23 bits per heavy atom. The molecule has 2 aromatic rings. The summed E-state index contributed by atoms with van der Waals surface area (Å²) in [6.45, 7) is 3.68. The molecule has 8 nitrogen and oxygen atoms in total. The van der Waals surface area contributed by atoms with E-state index in [9.17, 15) is 9.59 Å². The number of methoxy groups -OCH3 is 3. The van der Waals surface area contributed by atoms with Crippen LogP contribution in [0.1, 0.15) is 29.8 Å². The van der Waals surface area contributed by atoms with Gasteiger partial charge in [0.2, 0.25) is 0 Å². The van der Waals surface area contributed by atoms with Gasteiger partial charge in [0, 0.05) is 11.1 Å². The van der Waals surface area contributed by atoms with Crippen molar-refractivity contribution < 1.29 is 23.8 Å². The molecule has 0 bridgehead atoms. The van der Waals surface area contributed by atoms with Crippen molar-refractivity contribution in [2.45, 2.75) is 19.9 Å². The first-order valence-electron chi connectivity index (χ1n) is 9.40. The van der Waals surface area contributed by atoms with Crippen molar-refractivity contribution in [1.29, 1.82) is 0 Å². The highest BCUT2D eigenvalue weighted by Gasteiger charge is 2.24. The third kappa shape index (κ3) is 5.73. The van der Waals surface area contributed by atoms with Crippen LogP contribution in [0.4, 0.5) is 0 Å². The molecule has 0 aliphatic heterocycles. The Labute approximate surface area is 176 Å². The summed E-state index contributed by atoms with van der Waals surface area (Å²) in [4.78, 5) is 25.1. The van der Waals surface area contributed by atoms with Gasteiger partial charge < -0.3 is 19.5 Å². The fourth-order valence-electron chi connectivity index (χ4n) is 2.75.